The van der Waals surface area contributed by atoms with Gasteiger partial charge in [-0.1, -0.05) is 26.0 Å². The molecule has 0 amide bonds. The van der Waals surface area contributed by atoms with Crippen molar-refractivity contribution in [3.63, 3.8) is 0 Å². The minimum atomic E-state index is 0.147. The first kappa shape index (κ1) is 16.0. The maximum absolute atomic E-state index is 5.36. The molecule has 0 aliphatic carbocycles. The fourth-order valence-electron chi connectivity index (χ4n) is 2.40. The highest BCUT2D eigenvalue weighted by Gasteiger charge is 2.30. The predicted molar refractivity (Wildman–Crippen MR) is 83.0 cm³/mol. The van der Waals surface area contributed by atoms with E-state index in [9.17, 15) is 0 Å². The molecular formula is C17H29NO. The molecule has 0 aliphatic rings. The summed E-state index contributed by atoms with van der Waals surface area (Å²) in [6.07, 6.45) is 2.25. The van der Waals surface area contributed by atoms with Crippen LogP contribution in [0.1, 0.15) is 53.0 Å². The summed E-state index contributed by atoms with van der Waals surface area (Å²) in [5.74, 6) is 0.944. The van der Waals surface area contributed by atoms with Crippen LogP contribution in [0.4, 0.5) is 0 Å². The molecular weight excluding hydrogens is 234 g/mol. The van der Waals surface area contributed by atoms with Gasteiger partial charge in [0.2, 0.25) is 0 Å². The highest BCUT2D eigenvalue weighted by atomic mass is 16.5. The van der Waals surface area contributed by atoms with E-state index in [1.807, 2.05) is 6.07 Å². The van der Waals surface area contributed by atoms with Gasteiger partial charge >= 0.3 is 0 Å². The number of benzene rings is 1. The second kappa shape index (κ2) is 6.42. The van der Waals surface area contributed by atoms with Gasteiger partial charge in [0.25, 0.3) is 0 Å². The van der Waals surface area contributed by atoms with Gasteiger partial charge in [0, 0.05) is 17.5 Å². The standard InChI is InChI=1S/C17H29NO/c1-7-17(8-2,13-18-16(3,4)5)14-10-9-11-15(12-14)19-6/h9-12,18H,7-8,13H2,1-6H3. The minimum Gasteiger partial charge on any atom is -0.497 e. The highest BCUT2D eigenvalue weighted by Crippen LogP contribution is 2.33. The molecule has 1 N–H and O–H groups in total. The average molecular weight is 263 g/mol. The van der Waals surface area contributed by atoms with E-state index in [1.165, 1.54) is 5.56 Å². The summed E-state index contributed by atoms with van der Waals surface area (Å²) in [6, 6.07) is 8.50. The third-order valence-corrected chi connectivity index (χ3v) is 3.99. The number of ether oxygens (including phenoxy) is 1. The molecule has 0 fully saturated rings. The summed E-state index contributed by atoms with van der Waals surface area (Å²) in [4.78, 5) is 0. The third kappa shape index (κ3) is 4.24. The van der Waals surface area contributed by atoms with Crippen molar-refractivity contribution in [3.05, 3.63) is 29.8 Å². The van der Waals surface area contributed by atoms with Crippen LogP contribution in [0.2, 0.25) is 0 Å². The summed E-state index contributed by atoms with van der Waals surface area (Å²) < 4.78 is 5.36. The van der Waals surface area contributed by atoms with Gasteiger partial charge in [0.05, 0.1) is 7.11 Å². The first-order chi connectivity index (χ1) is 8.87. The van der Waals surface area contributed by atoms with Crippen LogP contribution in [0.3, 0.4) is 0 Å². The molecule has 0 bridgehead atoms. The second-order valence-corrected chi connectivity index (χ2v) is 6.32. The fourth-order valence-corrected chi connectivity index (χ4v) is 2.40. The lowest BCUT2D eigenvalue weighted by atomic mass is 9.75. The van der Waals surface area contributed by atoms with Crippen LogP contribution in [0.25, 0.3) is 0 Å². The Kier molecular flexibility index (Phi) is 5.42. The lowest BCUT2D eigenvalue weighted by Gasteiger charge is -2.36. The van der Waals surface area contributed by atoms with E-state index < -0.39 is 0 Å². The Morgan fingerprint density at radius 1 is 1.11 bits per heavy atom. The molecule has 0 saturated heterocycles. The van der Waals surface area contributed by atoms with Crippen molar-refractivity contribution in [2.24, 2.45) is 0 Å². The molecule has 0 saturated carbocycles. The number of methoxy groups -OCH3 is 1. The Morgan fingerprint density at radius 2 is 1.74 bits per heavy atom. The van der Waals surface area contributed by atoms with Gasteiger partial charge in [-0.25, -0.2) is 0 Å². The van der Waals surface area contributed by atoms with Crippen molar-refractivity contribution >= 4 is 0 Å². The molecule has 1 aromatic rings. The topological polar surface area (TPSA) is 21.3 Å². The summed E-state index contributed by atoms with van der Waals surface area (Å²) in [7, 11) is 1.73. The first-order valence-electron chi connectivity index (χ1n) is 7.26. The largest absolute Gasteiger partial charge is 0.497 e. The van der Waals surface area contributed by atoms with Crippen molar-refractivity contribution in [1.82, 2.24) is 5.32 Å². The van der Waals surface area contributed by atoms with Gasteiger partial charge in [-0.15, -0.1) is 0 Å². The quantitative estimate of drug-likeness (QED) is 0.833. The van der Waals surface area contributed by atoms with E-state index in [4.69, 9.17) is 4.74 Å². The zero-order chi connectivity index (χ0) is 14.5. The third-order valence-electron chi connectivity index (χ3n) is 3.99. The van der Waals surface area contributed by atoms with Crippen LogP contribution in [0.5, 0.6) is 5.75 Å². The molecule has 19 heavy (non-hydrogen) atoms. The van der Waals surface area contributed by atoms with Gasteiger partial charge in [-0.2, -0.15) is 0 Å². The van der Waals surface area contributed by atoms with Crippen molar-refractivity contribution in [2.45, 2.75) is 58.4 Å². The van der Waals surface area contributed by atoms with Crippen LogP contribution in [0, 0.1) is 0 Å². The van der Waals surface area contributed by atoms with Crippen LogP contribution < -0.4 is 10.1 Å². The molecule has 0 heterocycles. The smallest absolute Gasteiger partial charge is 0.119 e. The van der Waals surface area contributed by atoms with E-state index in [2.05, 4.69) is 58.1 Å². The Labute approximate surface area is 118 Å². The molecule has 0 aromatic heterocycles. The Hall–Kier alpha value is -1.02. The van der Waals surface area contributed by atoms with E-state index in [1.54, 1.807) is 7.11 Å². The fraction of sp³-hybridized carbons (Fsp3) is 0.647. The van der Waals surface area contributed by atoms with Gasteiger partial charge < -0.3 is 10.1 Å². The number of nitrogens with one attached hydrogen (secondary N) is 1. The van der Waals surface area contributed by atoms with Gasteiger partial charge in [0.15, 0.2) is 0 Å². The minimum absolute atomic E-state index is 0.147. The number of hydrogen-bond donors (Lipinski definition) is 1. The Bertz CT molecular complexity index is 388. The van der Waals surface area contributed by atoms with E-state index >= 15 is 0 Å². The molecule has 2 heteroatoms. The lowest BCUT2D eigenvalue weighted by molar-refractivity contribution is 0.311. The highest BCUT2D eigenvalue weighted by molar-refractivity contribution is 5.34. The molecule has 0 radical (unpaired) electrons. The molecule has 1 aromatic carbocycles. The maximum atomic E-state index is 5.36. The zero-order valence-corrected chi connectivity index (χ0v) is 13.3. The molecule has 1 rings (SSSR count). The van der Waals surface area contributed by atoms with E-state index in [0.717, 1.165) is 25.1 Å². The van der Waals surface area contributed by atoms with Crippen LogP contribution >= 0.6 is 0 Å². The molecule has 108 valence electrons. The monoisotopic (exact) mass is 263 g/mol. The normalized spacial score (nSPS) is 12.5. The van der Waals surface area contributed by atoms with Gasteiger partial charge in [-0.05, 0) is 51.3 Å². The van der Waals surface area contributed by atoms with Crippen LogP contribution in [-0.2, 0) is 5.41 Å². The molecule has 0 atom stereocenters. The zero-order valence-electron chi connectivity index (χ0n) is 13.3. The van der Waals surface area contributed by atoms with Gasteiger partial charge in [0.1, 0.15) is 5.75 Å². The van der Waals surface area contributed by atoms with Gasteiger partial charge in [-0.3, -0.25) is 0 Å². The second-order valence-electron chi connectivity index (χ2n) is 6.32. The molecule has 0 aliphatic heterocycles. The summed E-state index contributed by atoms with van der Waals surface area (Å²) in [5, 5.41) is 3.66. The van der Waals surface area contributed by atoms with E-state index in [-0.39, 0.29) is 11.0 Å². The number of hydrogen-bond acceptors (Lipinski definition) is 2. The molecule has 2 nitrogen and oxygen atoms in total. The average Bonchev–Trinajstić information content (AvgIpc) is 2.40. The molecule has 0 unspecified atom stereocenters. The number of rotatable bonds is 6. The van der Waals surface area contributed by atoms with Crippen molar-refractivity contribution in [3.8, 4) is 5.75 Å². The van der Waals surface area contributed by atoms with Crippen molar-refractivity contribution in [2.75, 3.05) is 13.7 Å². The van der Waals surface area contributed by atoms with Crippen molar-refractivity contribution < 1.29 is 4.74 Å². The molecule has 0 spiro atoms. The maximum Gasteiger partial charge on any atom is 0.119 e. The summed E-state index contributed by atoms with van der Waals surface area (Å²) >= 11 is 0. The Morgan fingerprint density at radius 3 is 2.21 bits per heavy atom. The summed E-state index contributed by atoms with van der Waals surface area (Å²) in [6.45, 7) is 12.2. The SMILES string of the molecule is CCC(CC)(CNC(C)(C)C)c1cccc(OC)c1. The summed E-state index contributed by atoms with van der Waals surface area (Å²) in [5.41, 5.74) is 1.70. The Balaban J connectivity index is 3.03. The first-order valence-corrected chi connectivity index (χ1v) is 7.26. The van der Waals surface area contributed by atoms with Crippen LogP contribution in [-0.4, -0.2) is 19.2 Å². The van der Waals surface area contributed by atoms with E-state index in [0.29, 0.717) is 0 Å². The lowest BCUT2D eigenvalue weighted by Crippen LogP contribution is -2.45. The van der Waals surface area contributed by atoms with Crippen LogP contribution in [0.15, 0.2) is 24.3 Å². The van der Waals surface area contributed by atoms with Crippen molar-refractivity contribution in [1.29, 1.82) is 0 Å². The predicted octanol–water partition coefficient (Wildman–Crippen LogP) is 4.14.